The molecule has 1 aromatic heterocycles. The number of carboxylic acid groups (broad SMARTS) is 1. The number of rotatable bonds is 5. The quantitative estimate of drug-likeness (QED) is 0.486. The molecule has 5 rings (SSSR count). The zero-order valence-electron chi connectivity index (χ0n) is 21.8. The minimum absolute atomic E-state index is 0.0994. The van der Waals surface area contributed by atoms with E-state index in [1.165, 1.54) is 6.07 Å². The molecule has 1 N–H and O–H groups in total. The third kappa shape index (κ3) is 6.10. The number of fused-ring (bicyclic) bond motifs is 1. The Morgan fingerprint density at radius 2 is 1.64 bits per heavy atom. The van der Waals surface area contributed by atoms with Crippen LogP contribution in [0.25, 0.3) is 16.6 Å². The van der Waals surface area contributed by atoms with Crippen LogP contribution in [0, 0.1) is 17.5 Å². The standard InChI is InChI=1S/C24H21F3N2O5.C4H10O/c25-14-2-3-19(17(26)10-14)29-13-16(23(31)32)22(30)15-11-18(27)21(12-20(15)29)28-6-4-24(5-7-28)33-8-1-9-34-24;1-3-5-4-2/h2-3,10-13H,1,4-9H2,(H,31,32);3-4H2,1-2H3. The minimum Gasteiger partial charge on any atom is -0.477 e. The van der Waals surface area contributed by atoms with Crippen LogP contribution in [0.4, 0.5) is 18.9 Å². The number of hydrogen-bond acceptors (Lipinski definition) is 6. The van der Waals surface area contributed by atoms with Crippen molar-refractivity contribution in [2.75, 3.05) is 44.4 Å². The molecule has 39 heavy (non-hydrogen) atoms. The van der Waals surface area contributed by atoms with Gasteiger partial charge >= 0.3 is 5.97 Å². The number of piperidine rings is 1. The third-order valence-corrected chi connectivity index (χ3v) is 6.76. The first-order chi connectivity index (χ1) is 18.7. The van der Waals surface area contributed by atoms with Crippen LogP contribution in [0.2, 0.25) is 0 Å². The number of nitrogens with zero attached hydrogens (tertiary/aromatic N) is 2. The monoisotopic (exact) mass is 548 g/mol. The maximum atomic E-state index is 15.2. The number of anilines is 1. The molecule has 8 nitrogen and oxygen atoms in total. The first kappa shape index (κ1) is 28.6. The largest absolute Gasteiger partial charge is 0.477 e. The lowest BCUT2D eigenvalue weighted by Gasteiger charge is -2.44. The molecule has 0 amide bonds. The number of benzene rings is 2. The predicted octanol–water partition coefficient (Wildman–Crippen LogP) is 4.88. The SMILES string of the molecule is CCOCC.O=C(O)c1cn(-c2ccc(F)cc2F)c2cc(N3CCC4(CC3)OCCCO4)c(F)cc2c1=O. The van der Waals surface area contributed by atoms with Gasteiger partial charge in [0.2, 0.25) is 5.43 Å². The van der Waals surface area contributed by atoms with Crippen LogP contribution < -0.4 is 10.3 Å². The van der Waals surface area contributed by atoms with Crippen molar-refractivity contribution in [3.8, 4) is 5.69 Å². The number of ether oxygens (including phenoxy) is 3. The van der Waals surface area contributed by atoms with E-state index in [9.17, 15) is 23.5 Å². The van der Waals surface area contributed by atoms with E-state index in [2.05, 4.69) is 0 Å². The maximum absolute atomic E-state index is 15.2. The van der Waals surface area contributed by atoms with Gasteiger partial charge in [-0.25, -0.2) is 18.0 Å². The molecule has 0 saturated carbocycles. The molecule has 0 bridgehead atoms. The normalized spacial score (nSPS) is 16.7. The lowest BCUT2D eigenvalue weighted by molar-refractivity contribution is -0.275. The van der Waals surface area contributed by atoms with Crippen LogP contribution in [-0.2, 0) is 14.2 Å². The summed E-state index contributed by atoms with van der Waals surface area (Å²) in [7, 11) is 0. The predicted molar refractivity (Wildman–Crippen MR) is 139 cm³/mol. The molecule has 210 valence electrons. The first-order valence-electron chi connectivity index (χ1n) is 12.9. The Kier molecular flexibility index (Phi) is 8.94. The van der Waals surface area contributed by atoms with Gasteiger partial charge in [0.15, 0.2) is 5.79 Å². The summed E-state index contributed by atoms with van der Waals surface area (Å²) in [5.74, 6) is -4.70. The summed E-state index contributed by atoms with van der Waals surface area (Å²) in [5.41, 5.74) is -1.45. The van der Waals surface area contributed by atoms with Crippen LogP contribution in [-0.4, -0.2) is 60.9 Å². The Bertz CT molecular complexity index is 1390. The van der Waals surface area contributed by atoms with Crippen LogP contribution in [0.3, 0.4) is 0 Å². The fourth-order valence-corrected chi connectivity index (χ4v) is 4.80. The summed E-state index contributed by atoms with van der Waals surface area (Å²) in [4.78, 5) is 26.2. The highest BCUT2D eigenvalue weighted by Gasteiger charge is 2.39. The molecule has 0 aliphatic carbocycles. The van der Waals surface area contributed by atoms with E-state index in [1.807, 2.05) is 13.8 Å². The van der Waals surface area contributed by atoms with Gasteiger partial charge in [0.1, 0.15) is 23.0 Å². The van der Waals surface area contributed by atoms with Crippen molar-refractivity contribution in [3.05, 3.63) is 69.8 Å². The van der Waals surface area contributed by atoms with Gasteiger partial charge in [0, 0.05) is 56.8 Å². The minimum atomic E-state index is -1.54. The van der Waals surface area contributed by atoms with Crippen LogP contribution in [0.1, 0.15) is 43.5 Å². The molecule has 2 aliphatic heterocycles. The van der Waals surface area contributed by atoms with Crippen molar-refractivity contribution in [2.45, 2.75) is 38.9 Å². The van der Waals surface area contributed by atoms with Gasteiger partial charge < -0.3 is 28.8 Å². The molecule has 1 spiro atoms. The van der Waals surface area contributed by atoms with Crippen molar-refractivity contribution in [1.82, 2.24) is 4.57 Å². The lowest BCUT2D eigenvalue weighted by Crippen LogP contribution is -2.50. The zero-order valence-corrected chi connectivity index (χ0v) is 21.8. The highest BCUT2D eigenvalue weighted by molar-refractivity contribution is 5.94. The Balaban J connectivity index is 0.000000648. The van der Waals surface area contributed by atoms with Crippen molar-refractivity contribution < 1.29 is 37.3 Å². The number of aromatic carboxylic acids is 1. The van der Waals surface area contributed by atoms with Gasteiger partial charge in [-0.2, -0.15) is 0 Å². The molecule has 2 aromatic carbocycles. The molecule has 3 heterocycles. The molecule has 0 unspecified atom stereocenters. The molecule has 2 saturated heterocycles. The summed E-state index contributed by atoms with van der Waals surface area (Å²) >= 11 is 0. The summed E-state index contributed by atoms with van der Waals surface area (Å²) < 4.78 is 60.9. The van der Waals surface area contributed by atoms with Crippen LogP contribution in [0.15, 0.2) is 41.3 Å². The lowest BCUT2D eigenvalue weighted by atomic mass is 10.0. The van der Waals surface area contributed by atoms with Gasteiger partial charge in [-0.1, -0.05) is 0 Å². The average molecular weight is 549 g/mol. The smallest absolute Gasteiger partial charge is 0.341 e. The van der Waals surface area contributed by atoms with Gasteiger partial charge in [-0.15, -0.1) is 0 Å². The molecular weight excluding hydrogens is 517 g/mol. The molecule has 3 aromatic rings. The van der Waals surface area contributed by atoms with Gasteiger partial charge in [0.25, 0.3) is 0 Å². The number of hydrogen-bond donors (Lipinski definition) is 1. The number of carbonyl (C=O) groups is 1. The Morgan fingerprint density at radius 3 is 2.21 bits per heavy atom. The molecule has 11 heteroatoms. The van der Waals surface area contributed by atoms with Crippen LogP contribution >= 0.6 is 0 Å². The second-order valence-electron chi connectivity index (χ2n) is 9.19. The molecule has 2 fully saturated rings. The number of pyridine rings is 1. The molecule has 2 aliphatic rings. The van der Waals surface area contributed by atoms with Gasteiger partial charge in [0.05, 0.1) is 30.1 Å². The van der Waals surface area contributed by atoms with Gasteiger partial charge in [-0.3, -0.25) is 4.79 Å². The highest BCUT2D eigenvalue weighted by atomic mass is 19.1. The second kappa shape index (κ2) is 12.2. The molecular formula is C28H31F3N2O6. The fraction of sp³-hybridized carbons (Fsp3) is 0.429. The maximum Gasteiger partial charge on any atom is 0.341 e. The summed E-state index contributed by atoms with van der Waals surface area (Å²) in [6.45, 7) is 7.72. The van der Waals surface area contributed by atoms with E-state index in [-0.39, 0.29) is 22.3 Å². The van der Waals surface area contributed by atoms with E-state index < -0.39 is 40.2 Å². The highest BCUT2D eigenvalue weighted by Crippen LogP contribution is 2.35. The molecule has 0 radical (unpaired) electrons. The summed E-state index contributed by atoms with van der Waals surface area (Å²) in [5, 5.41) is 9.24. The van der Waals surface area contributed by atoms with E-state index in [0.29, 0.717) is 45.2 Å². The van der Waals surface area contributed by atoms with Crippen molar-refractivity contribution in [3.63, 3.8) is 0 Å². The van der Waals surface area contributed by atoms with E-state index in [1.54, 1.807) is 4.90 Å². The number of carboxylic acids is 1. The Hall–Kier alpha value is -3.41. The summed E-state index contributed by atoms with van der Waals surface area (Å²) in [6, 6.07) is 5.15. The van der Waals surface area contributed by atoms with Crippen molar-refractivity contribution in [2.24, 2.45) is 0 Å². The molecule has 0 atom stereocenters. The first-order valence-corrected chi connectivity index (χ1v) is 12.9. The number of halogens is 3. The van der Waals surface area contributed by atoms with Crippen molar-refractivity contribution in [1.29, 1.82) is 0 Å². The second-order valence-corrected chi connectivity index (χ2v) is 9.19. The Labute approximate surface area is 223 Å². The van der Waals surface area contributed by atoms with E-state index in [4.69, 9.17) is 14.2 Å². The topological polar surface area (TPSA) is 90.2 Å². The number of aromatic nitrogens is 1. The van der Waals surface area contributed by atoms with E-state index in [0.717, 1.165) is 48.6 Å². The zero-order chi connectivity index (χ0) is 28.2. The van der Waals surface area contributed by atoms with E-state index >= 15 is 4.39 Å². The van der Waals surface area contributed by atoms with Crippen molar-refractivity contribution >= 4 is 22.6 Å². The average Bonchev–Trinajstić information content (AvgIpc) is 2.91. The third-order valence-electron chi connectivity index (χ3n) is 6.76. The Morgan fingerprint density at radius 1 is 1.00 bits per heavy atom. The van der Waals surface area contributed by atoms with Crippen LogP contribution in [0.5, 0.6) is 0 Å². The summed E-state index contributed by atoms with van der Waals surface area (Å²) in [6.07, 6.45) is 2.82. The fourth-order valence-electron chi connectivity index (χ4n) is 4.80. The van der Waals surface area contributed by atoms with Gasteiger partial charge in [-0.05, 0) is 44.5 Å².